The van der Waals surface area contributed by atoms with E-state index in [1.54, 1.807) is 38.1 Å². The number of carbonyl (C=O) groups excluding carboxylic acids is 2. The maximum atomic E-state index is 12.2. The second-order valence-electron chi connectivity index (χ2n) is 4.88. The van der Waals surface area contributed by atoms with Crippen molar-refractivity contribution in [3.8, 4) is 5.75 Å². The number of nitrogens with zero attached hydrogens (tertiary/aromatic N) is 1. The summed E-state index contributed by atoms with van der Waals surface area (Å²) in [7, 11) is 0. The van der Waals surface area contributed by atoms with Gasteiger partial charge in [-0.2, -0.15) is 0 Å². The first-order chi connectivity index (χ1) is 8.52. The molecule has 4 heteroatoms. The molecule has 4 nitrogen and oxygen atoms in total. The molecule has 1 heterocycles. The highest BCUT2D eigenvalue weighted by Gasteiger charge is 2.38. The molecule has 18 heavy (non-hydrogen) atoms. The zero-order chi connectivity index (χ0) is 13.3. The summed E-state index contributed by atoms with van der Waals surface area (Å²) < 4.78 is 0. The van der Waals surface area contributed by atoms with Crippen LogP contribution in [-0.2, 0) is 9.59 Å². The third-order valence-electron chi connectivity index (χ3n) is 3.29. The summed E-state index contributed by atoms with van der Waals surface area (Å²) in [6.07, 6.45) is 0.532. The van der Waals surface area contributed by atoms with E-state index in [0.29, 0.717) is 18.7 Å². The minimum absolute atomic E-state index is 0.0158. The van der Waals surface area contributed by atoms with Crippen molar-refractivity contribution < 1.29 is 14.7 Å². The Morgan fingerprint density at radius 3 is 2.67 bits per heavy atom. The van der Waals surface area contributed by atoms with Gasteiger partial charge in [0.2, 0.25) is 5.91 Å². The molecule has 96 valence electrons. The highest BCUT2D eigenvalue weighted by molar-refractivity contribution is 6.11. The van der Waals surface area contributed by atoms with Crippen LogP contribution in [0.15, 0.2) is 24.3 Å². The molecule has 0 aliphatic carbocycles. The summed E-state index contributed by atoms with van der Waals surface area (Å²) in [6.45, 7) is 4.09. The first-order valence-corrected chi connectivity index (χ1v) is 6.15. The van der Waals surface area contributed by atoms with Gasteiger partial charge in [-0.1, -0.05) is 26.0 Å². The van der Waals surface area contributed by atoms with Crippen LogP contribution in [-0.4, -0.2) is 23.3 Å². The maximum absolute atomic E-state index is 12.2. The fourth-order valence-electron chi connectivity index (χ4n) is 2.28. The molecular formula is C14H17NO3. The van der Waals surface area contributed by atoms with Crippen LogP contribution < -0.4 is 4.90 Å². The van der Waals surface area contributed by atoms with Crippen LogP contribution in [0.4, 0.5) is 5.69 Å². The molecule has 1 saturated heterocycles. The number of carbonyl (C=O) groups is 2. The lowest BCUT2D eigenvalue weighted by Crippen LogP contribution is -2.31. The van der Waals surface area contributed by atoms with E-state index in [1.807, 2.05) is 0 Å². The minimum atomic E-state index is -0.551. The van der Waals surface area contributed by atoms with Gasteiger partial charge in [0.1, 0.15) is 11.5 Å². The number of aromatic hydroxyl groups is 1. The summed E-state index contributed by atoms with van der Waals surface area (Å²) in [5, 5.41) is 9.74. The molecule has 1 N–H and O–H groups in total. The van der Waals surface area contributed by atoms with Crippen molar-refractivity contribution in [3.05, 3.63) is 24.3 Å². The Morgan fingerprint density at radius 1 is 1.39 bits per heavy atom. The summed E-state index contributed by atoms with van der Waals surface area (Å²) in [5.41, 5.74) is 0.488. The van der Waals surface area contributed by atoms with Crippen LogP contribution in [0.1, 0.15) is 20.3 Å². The molecule has 1 aliphatic heterocycles. The van der Waals surface area contributed by atoms with Gasteiger partial charge in [0.05, 0.1) is 11.6 Å². The lowest BCUT2D eigenvalue weighted by atomic mass is 9.94. The third kappa shape index (κ3) is 2.10. The topological polar surface area (TPSA) is 57.6 Å². The Kier molecular flexibility index (Phi) is 3.36. The second kappa shape index (κ2) is 4.80. The van der Waals surface area contributed by atoms with E-state index in [-0.39, 0.29) is 23.4 Å². The van der Waals surface area contributed by atoms with Gasteiger partial charge >= 0.3 is 0 Å². The average molecular weight is 247 g/mol. The van der Waals surface area contributed by atoms with Crippen molar-refractivity contribution in [1.82, 2.24) is 0 Å². The summed E-state index contributed by atoms with van der Waals surface area (Å²) >= 11 is 0. The van der Waals surface area contributed by atoms with E-state index in [1.165, 1.54) is 4.90 Å². The zero-order valence-electron chi connectivity index (χ0n) is 10.6. The van der Waals surface area contributed by atoms with E-state index < -0.39 is 5.92 Å². The first kappa shape index (κ1) is 12.6. The largest absolute Gasteiger partial charge is 0.506 e. The van der Waals surface area contributed by atoms with Crippen molar-refractivity contribution in [2.24, 2.45) is 11.8 Å². The molecule has 1 unspecified atom stereocenters. The van der Waals surface area contributed by atoms with Crippen molar-refractivity contribution in [2.45, 2.75) is 20.3 Å². The molecule has 1 fully saturated rings. The number of hydrogen-bond acceptors (Lipinski definition) is 3. The van der Waals surface area contributed by atoms with Crippen molar-refractivity contribution >= 4 is 17.4 Å². The van der Waals surface area contributed by atoms with E-state index >= 15 is 0 Å². The predicted octanol–water partition coefficient (Wildman–Crippen LogP) is 1.97. The number of anilines is 1. The van der Waals surface area contributed by atoms with Crippen LogP contribution in [0.5, 0.6) is 5.75 Å². The fraction of sp³-hybridized carbons (Fsp3) is 0.429. The molecule has 1 aromatic carbocycles. The molecule has 2 rings (SSSR count). The van der Waals surface area contributed by atoms with Crippen molar-refractivity contribution in [2.75, 3.05) is 11.4 Å². The van der Waals surface area contributed by atoms with Gasteiger partial charge in [-0.3, -0.25) is 9.59 Å². The third-order valence-corrected chi connectivity index (χ3v) is 3.29. The minimum Gasteiger partial charge on any atom is -0.506 e. The van der Waals surface area contributed by atoms with Gasteiger partial charge in [0.15, 0.2) is 0 Å². The molecule has 0 spiro atoms. The van der Waals surface area contributed by atoms with Crippen molar-refractivity contribution in [3.63, 3.8) is 0 Å². The van der Waals surface area contributed by atoms with Gasteiger partial charge in [-0.15, -0.1) is 0 Å². The Morgan fingerprint density at radius 2 is 2.06 bits per heavy atom. The first-order valence-electron chi connectivity index (χ1n) is 6.15. The number of phenols is 1. The maximum Gasteiger partial charge on any atom is 0.237 e. The van der Waals surface area contributed by atoms with Crippen LogP contribution >= 0.6 is 0 Å². The molecule has 0 radical (unpaired) electrons. The van der Waals surface area contributed by atoms with Gasteiger partial charge in [0, 0.05) is 12.5 Å². The Labute approximate surface area is 106 Å². The normalized spacial score (nSPS) is 19.6. The number of amides is 1. The molecule has 1 aromatic rings. The number of Topliss-reactive ketones (excluding diaryl/α,β-unsaturated/α-hetero) is 1. The van der Waals surface area contributed by atoms with E-state index in [2.05, 4.69) is 0 Å². The molecular weight excluding hydrogens is 230 g/mol. The average Bonchev–Trinajstić information content (AvgIpc) is 2.71. The molecule has 0 aromatic heterocycles. The molecule has 1 atom stereocenters. The number of phenolic OH excluding ortho intramolecular Hbond substituents is 1. The highest BCUT2D eigenvalue weighted by atomic mass is 16.3. The van der Waals surface area contributed by atoms with E-state index in [9.17, 15) is 14.7 Å². The quantitative estimate of drug-likeness (QED) is 0.831. The fourth-order valence-corrected chi connectivity index (χ4v) is 2.28. The SMILES string of the molecule is CC(C)C(=O)C1CCN(c2ccccc2O)C1=O. The van der Waals surface area contributed by atoms with Crippen molar-refractivity contribution in [1.29, 1.82) is 0 Å². The molecule has 0 bridgehead atoms. The van der Waals surface area contributed by atoms with Crippen LogP contribution in [0.25, 0.3) is 0 Å². The lowest BCUT2D eigenvalue weighted by Gasteiger charge is -2.18. The lowest BCUT2D eigenvalue weighted by molar-refractivity contribution is -0.132. The Balaban J connectivity index is 2.23. The second-order valence-corrected chi connectivity index (χ2v) is 4.88. The smallest absolute Gasteiger partial charge is 0.237 e. The Hall–Kier alpha value is -1.84. The summed E-state index contributed by atoms with van der Waals surface area (Å²) in [6, 6.07) is 6.70. The molecule has 1 aliphatic rings. The summed E-state index contributed by atoms with van der Waals surface area (Å²) in [4.78, 5) is 25.6. The van der Waals surface area contributed by atoms with Crippen LogP contribution in [0.3, 0.4) is 0 Å². The highest BCUT2D eigenvalue weighted by Crippen LogP contribution is 2.32. The van der Waals surface area contributed by atoms with Gasteiger partial charge in [0.25, 0.3) is 0 Å². The standard InChI is InChI=1S/C14H17NO3/c1-9(2)13(17)10-7-8-15(14(10)18)11-5-3-4-6-12(11)16/h3-6,9-10,16H,7-8H2,1-2H3. The summed E-state index contributed by atoms with van der Waals surface area (Å²) in [5.74, 6) is -0.829. The van der Waals surface area contributed by atoms with Gasteiger partial charge in [-0.25, -0.2) is 0 Å². The van der Waals surface area contributed by atoms with E-state index in [0.717, 1.165) is 0 Å². The van der Waals surface area contributed by atoms with Crippen LogP contribution in [0, 0.1) is 11.8 Å². The number of benzene rings is 1. The number of rotatable bonds is 3. The number of ketones is 1. The van der Waals surface area contributed by atoms with Gasteiger partial charge in [-0.05, 0) is 18.6 Å². The number of hydrogen-bond donors (Lipinski definition) is 1. The predicted molar refractivity (Wildman–Crippen MR) is 68.4 cm³/mol. The van der Waals surface area contributed by atoms with E-state index in [4.69, 9.17) is 0 Å². The Bertz CT molecular complexity index is 482. The molecule has 1 amide bonds. The zero-order valence-corrected chi connectivity index (χ0v) is 10.6. The van der Waals surface area contributed by atoms with Gasteiger partial charge < -0.3 is 10.0 Å². The number of para-hydroxylation sites is 2. The van der Waals surface area contributed by atoms with Crippen LogP contribution in [0.2, 0.25) is 0 Å². The monoisotopic (exact) mass is 247 g/mol. The molecule has 0 saturated carbocycles.